The Kier molecular flexibility index (Phi) is 4.05. The summed E-state index contributed by atoms with van der Waals surface area (Å²) >= 11 is 5.86. The summed E-state index contributed by atoms with van der Waals surface area (Å²) in [5.74, 6) is 0.986. The molecule has 4 heteroatoms. The standard InChI is InChI=1S/C17H17BrINO/c1-17(2)9-21-15-6-3-10(7-13(15)17)16(20)12-8-11(18)4-5-14(12)19/h3-8,16H,9,20H2,1-2H3. The van der Waals surface area contributed by atoms with Crippen molar-refractivity contribution in [1.29, 1.82) is 0 Å². The Hall–Kier alpha value is -0.590. The van der Waals surface area contributed by atoms with Gasteiger partial charge in [0.15, 0.2) is 0 Å². The molecule has 2 nitrogen and oxygen atoms in total. The van der Waals surface area contributed by atoms with Crippen molar-refractivity contribution in [3.63, 3.8) is 0 Å². The van der Waals surface area contributed by atoms with Gasteiger partial charge < -0.3 is 10.5 Å². The molecule has 0 fully saturated rings. The van der Waals surface area contributed by atoms with E-state index in [9.17, 15) is 0 Å². The number of nitrogens with two attached hydrogens (primary N) is 1. The molecule has 0 saturated heterocycles. The van der Waals surface area contributed by atoms with Gasteiger partial charge in [-0.15, -0.1) is 0 Å². The predicted octanol–water partition coefficient (Wildman–Crippen LogP) is 4.77. The van der Waals surface area contributed by atoms with Crippen LogP contribution in [-0.4, -0.2) is 6.61 Å². The minimum Gasteiger partial charge on any atom is -0.492 e. The number of benzene rings is 2. The number of rotatable bonds is 2. The molecule has 3 rings (SSSR count). The van der Waals surface area contributed by atoms with E-state index in [-0.39, 0.29) is 11.5 Å². The van der Waals surface area contributed by atoms with Crippen molar-refractivity contribution >= 4 is 38.5 Å². The first-order valence-corrected chi connectivity index (χ1v) is 8.73. The van der Waals surface area contributed by atoms with Crippen LogP contribution >= 0.6 is 38.5 Å². The monoisotopic (exact) mass is 457 g/mol. The zero-order valence-electron chi connectivity index (χ0n) is 12.0. The minimum atomic E-state index is -0.129. The van der Waals surface area contributed by atoms with E-state index in [1.807, 2.05) is 12.1 Å². The molecule has 0 radical (unpaired) electrons. The summed E-state index contributed by atoms with van der Waals surface area (Å²) < 4.78 is 7.98. The largest absolute Gasteiger partial charge is 0.492 e. The molecule has 2 N–H and O–H groups in total. The van der Waals surface area contributed by atoms with Crippen molar-refractivity contribution in [2.24, 2.45) is 5.73 Å². The molecule has 0 aromatic heterocycles. The molecule has 0 amide bonds. The molecule has 0 bridgehead atoms. The second-order valence-corrected chi connectivity index (χ2v) is 8.15. The van der Waals surface area contributed by atoms with E-state index in [0.29, 0.717) is 0 Å². The maximum atomic E-state index is 6.50. The van der Waals surface area contributed by atoms with Crippen molar-refractivity contribution in [1.82, 2.24) is 0 Å². The Balaban J connectivity index is 2.03. The van der Waals surface area contributed by atoms with Gasteiger partial charge >= 0.3 is 0 Å². The molecule has 1 atom stereocenters. The van der Waals surface area contributed by atoms with Crippen LogP contribution in [-0.2, 0) is 5.41 Å². The molecule has 2 aromatic rings. The number of fused-ring (bicyclic) bond motifs is 1. The third kappa shape index (κ3) is 2.85. The van der Waals surface area contributed by atoms with Crippen LogP contribution in [0, 0.1) is 3.57 Å². The Morgan fingerprint density at radius 2 is 2.00 bits per heavy atom. The molecule has 0 spiro atoms. The van der Waals surface area contributed by atoms with Crippen LogP contribution in [0.25, 0.3) is 0 Å². The van der Waals surface area contributed by atoms with Gasteiger partial charge in [-0.3, -0.25) is 0 Å². The van der Waals surface area contributed by atoms with E-state index >= 15 is 0 Å². The highest BCUT2D eigenvalue weighted by Gasteiger charge is 2.32. The van der Waals surface area contributed by atoms with Gasteiger partial charge in [-0.25, -0.2) is 0 Å². The normalized spacial score (nSPS) is 17.2. The first-order valence-electron chi connectivity index (χ1n) is 6.86. The van der Waals surface area contributed by atoms with Crippen LogP contribution < -0.4 is 10.5 Å². The van der Waals surface area contributed by atoms with Gasteiger partial charge in [-0.2, -0.15) is 0 Å². The Labute approximate surface area is 147 Å². The van der Waals surface area contributed by atoms with Gasteiger partial charge in [0.05, 0.1) is 12.6 Å². The highest BCUT2D eigenvalue weighted by atomic mass is 127. The molecule has 1 unspecified atom stereocenters. The average molecular weight is 458 g/mol. The topological polar surface area (TPSA) is 35.2 Å². The highest BCUT2D eigenvalue weighted by molar-refractivity contribution is 14.1. The van der Waals surface area contributed by atoms with Gasteiger partial charge in [0.1, 0.15) is 5.75 Å². The average Bonchev–Trinajstić information content (AvgIpc) is 2.76. The summed E-state index contributed by atoms with van der Waals surface area (Å²) in [6.45, 7) is 5.14. The van der Waals surface area contributed by atoms with Gasteiger partial charge in [0, 0.05) is 19.0 Å². The Bertz CT molecular complexity index is 699. The second kappa shape index (κ2) is 5.56. The SMILES string of the molecule is CC1(C)COc2ccc(C(N)c3cc(Br)ccc3I)cc21. The van der Waals surface area contributed by atoms with Crippen LogP contribution in [0.5, 0.6) is 5.75 Å². The van der Waals surface area contributed by atoms with Crippen LogP contribution in [0.4, 0.5) is 0 Å². The summed E-state index contributed by atoms with van der Waals surface area (Å²) in [5.41, 5.74) is 10.1. The fourth-order valence-electron chi connectivity index (χ4n) is 2.66. The molecular weight excluding hydrogens is 441 g/mol. The maximum Gasteiger partial charge on any atom is 0.123 e. The molecular formula is C17H17BrINO. The van der Waals surface area contributed by atoms with E-state index in [4.69, 9.17) is 10.5 Å². The van der Waals surface area contributed by atoms with Gasteiger partial charge in [-0.05, 0) is 64.0 Å². The van der Waals surface area contributed by atoms with E-state index in [2.05, 4.69) is 76.6 Å². The number of hydrogen-bond acceptors (Lipinski definition) is 2. The van der Waals surface area contributed by atoms with Crippen LogP contribution in [0.3, 0.4) is 0 Å². The molecule has 1 heterocycles. The van der Waals surface area contributed by atoms with Crippen molar-refractivity contribution in [3.05, 3.63) is 61.1 Å². The lowest BCUT2D eigenvalue weighted by Gasteiger charge is -2.19. The summed E-state index contributed by atoms with van der Waals surface area (Å²) in [6, 6.07) is 12.4. The lowest BCUT2D eigenvalue weighted by atomic mass is 9.85. The first kappa shape index (κ1) is 15.3. The summed E-state index contributed by atoms with van der Waals surface area (Å²) in [5, 5.41) is 0. The zero-order valence-corrected chi connectivity index (χ0v) is 15.7. The third-order valence-corrected chi connectivity index (χ3v) is 5.45. The number of hydrogen-bond donors (Lipinski definition) is 1. The fraction of sp³-hybridized carbons (Fsp3) is 0.294. The predicted molar refractivity (Wildman–Crippen MR) is 97.9 cm³/mol. The number of ether oxygens (including phenoxy) is 1. The lowest BCUT2D eigenvalue weighted by Crippen LogP contribution is -2.19. The van der Waals surface area contributed by atoms with Crippen molar-refractivity contribution in [3.8, 4) is 5.75 Å². The molecule has 0 aliphatic carbocycles. The van der Waals surface area contributed by atoms with E-state index in [0.717, 1.165) is 28.0 Å². The molecule has 110 valence electrons. The highest BCUT2D eigenvalue weighted by Crippen LogP contribution is 2.40. The quantitative estimate of drug-likeness (QED) is 0.659. The van der Waals surface area contributed by atoms with Crippen LogP contribution in [0.15, 0.2) is 40.9 Å². The fourth-order valence-corrected chi connectivity index (χ4v) is 3.71. The Morgan fingerprint density at radius 1 is 1.24 bits per heavy atom. The van der Waals surface area contributed by atoms with Crippen molar-refractivity contribution < 1.29 is 4.74 Å². The van der Waals surface area contributed by atoms with Crippen LogP contribution in [0.1, 0.15) is 36.6 Å². The molecule has 1 aliphatic rings. The summed E-state index contributed by atoms with van der Waals surface area (Å²) in [6.07, 6.45) is 0. The second-order valence-electron chi connectivity index (χ2n) is 6.07. The van der Waals surface area contributed by atoms with Gasteiger partial charge in [-0.1, -0.05) is 35.8 Å². The smallest absolute Gasteiger partial charge is 0.123 e. The molecule has 1 aliphatic heterocycles. The van der Waals surface area contributed by atoms with Crippen molar-refractivity contribution in [2.75, 3.05) is 6.61 Å². The van der Waals surface area contributed by atoms with Crippen LogP contribution in [0.2, 0.25) is 0 Å². The summed E-state index contributed by atoms with van der Waals surface area (Å²) in [4.78, 5) is 0. The summed E-state index contributed by atoms with van der Waals surface area (Å²) in [7, 11) is 0. The first-order chi connectivity index (χ1) is 9.88. The third-order valence-electron chi connectivity index (χ3n) is 3.97. The van der Waals surface area contributed by atoms with E-state index in [1.165, 1.54) is 9.13 Å². The minimum absolute atomic E-state index is 0.0511. The lowest BCUT2D eigenvalue weighted by molar-refractivity contribution is 0.291. The number of halogens is 2. The molecule has 0 saturated carbocycles. The van der Waals surface area contributed by atoms with E-state index in [1.54, 1.807) is 0 Å². The van der Waals surface area contributed by atoms with Crippen molar-refractivity contribution in [2.45, 2.75) is 25.3 Å². The van der Waals surface area contributed by atoms with Gasteiger partial charge in [0.25, 0.3) is 0 Å². The van der Waals surface area contributed by atoms with E-state index < -0.39 is 0 Å². The molecule has 21 heavy (non-hydrogen) atoms. The van der Waals surface area contributed by atoms with Gasteiger partial charge in [0.2, 0.25) is 0 Å². The Morgan fingerprint density at radius 3 is 2.76 bits per heavy atom. The molecule has 2 aromatic carbocycles. The maximum absolute atomic E-state index is 6.50. The zero-order chi connectivity index (χ0) is 15.2.